The molecular formula is C13H10N2O. The molecule has 3 nitrogen and oxygen atoms in total. The highest BCUT2D eigenvalue weighted by Crippen LogP contribution is 2.29. The Morgan fingerprint density at radius 2 is 2.06 bits per heavy atom. The van der Waals surface area contributed by atoms with Crippen LogP contribution in [0.15, 0.2) is 36.7 Å². The molecule has 2 rings (SSSR count). The first-order valence-corrected chi connectivity index (χ1v) is 4.86. The van der Waals surface area contributed by atoms with Crippen LogP contribution in [0.4, 0.5) is 0 Å². The summed E-state index contributed by atoms with van der Waals surface area (Å²) in [5, 5.41) is 18.5. The van der Waals surface area contributed by atoms with Gasteiger partial charge in [0.25, 0.3) is 0 Å². The number of hydrogen-bond acceptors (Lipinski definition) is 3. The standard InChI is InChI=1S/C13H10N2O/c1-9-2-3-13(16)12(4-9)11-5-10(6-14)7-15-8-11/h2-5,7-8,16H,1H3. The highest BCUT2D eigenvalue weighted by atomic mass is 16.3. The monoisotopic (exact) mass is 210 g/mol. The zero-order valence-electron chi connectivity index (χ0n) is 8.81. The predicted molar refractivity (Wildman–Crippen MR) is 60.8 cm³/mol. The number of nitrogens with zero attached hydrogens (tertiary/aromatic N) is 2. The Balaban J connectivity index is 2.58. The molecule has 1 aromatic carbocycles. The van der Waals surface area contributed by atoms with Crippen LogP contribution < -0.4 is 0 Å². The van der Waals surface area contributed by atoms with Crippen LogP contribution in [-0.2, 0) is 0 Å². The molecule has 1 aromatic heterocycles. The van der Waals surface area contributed by atoms with E-state index in [1.807, 2.05) is 25.1 Å². The van der Waals surface area contributed by atoms with E-state index >= 15 is 0 Å². The van der Waals surface area contributed by atoms with Gasteiger partial charge in [0.15, 0.2) is 0 Å². The summed E-state index contributed by atoms with van der Waals surface area (Å²) in [5.41, 5.74) is 2.98. The number of rotatable bonds is 1. The predicted octanol–water partition coefficient (Wildman–Crippen LogP) is 2.63. The molecule has 0 aliphatic heterocycles. The first-order valence-electron chi connectivity index (χ1n) is 4.86. The Kier molecular flexibility index (Phi) is 2.57. The largest absolute Gasteiger partial charge is 0.507 e. The molecule has 3 heteroatoms. The van der Waals surface area contributed by atoms with E-state index in [1.165, 1.54) is 6.20 Å². The number of nitriles is 1. The van der Waals surface area contributed by atoms with Gasteiger partial charge in [-0.1, -0.05) is 11.6 Å². The molecular weight excluding hydrogens is 200 g/mol. The highest BCUT2D eigenvalue weighted by molar-refractivity contribution is 5.71. The average molecular weight is 210 g/mol. The van der Waals surface area contributed by atoms with E-state index in [0.29, 0.717) is 11.1 Å². The quantitative estimate of drug-likeness (QED) is 0.787. The maximum absolute atomic E-state index is 9.74. The van der Waals surface area contributed by atoms with Gasteiger partial charge in [-0.3, -0.25) is 4.98 Å². The fourth-order valence-electron chi connectivity index (χ4n) is 1.53. The second-order valence-electron chi connectivity index (χ2n) is 3.59. The van der Waals surface area contributed by atoms with Gasteiger partial charge in [0.2, 0.25) is 0 Å². The summed E-state index contributed by atoms with van der Waals surface area (Å²) < 4.78 is 0. The molecule has 0 bridgehead atoms. The van der Waals surface area contributed by atoms with Gasteiger partial charge in [-0.2, -0.15) is 5.26 Å². The van der Waals surface area contributed by atoms with E-state index < -0.39 is 0 Å². The fourth-order valence-corrected chi connectivity index (χ4v) is 1.53. The smallest absolute Gasteiger partial charge is 0.123 e. The lowest BCUT2D eigenvalue weighted by Gasteiger charge is -2.05. The Morgan fingerprint density at radius 3 is 2.81 bits per heavy atom. The minimum atomic E-state index is 0.197. The molecule has 2 aromatic rings. The molecule has 0 aliphatic carbocycles. The average Bonchev–Trinajstić information content (AvgIpc) is 2.32. The van der Waals surface area contributed by atoms with Crippen LogP contribution >= 0.6 is 0 Å². The summed E-state index contributed by atoms with van der Waals surface area (Å²) in [5.74, 6) is 0.197. The van der Waals surface area contributed by atoms with E-state index in [4.69, 9.17) is 5.26 Å². The van der Waals surface area contributed by atoms with Gasteiger partial charge in [0.1, 0.15) is 11.8 Å². The van der Waals surface area contributed by atoms with E-state index in [-0.39, 0.29) is 5.75 Å². The van der Waals surface area contributed by atoms with Crippen molar-refractivity contribution < 1.29 is 5.11 Å². The van der Waals surface area contributed by atoms with E-state index in [0.717, 1.165) is 11.1 Å². The van der Waals surface area contributed by atoms with Crippen LogP contribution in [-0.4, -0.2) is 10.1 Å². The zero-order chi connectivity index (χ0) is 11.5. The maximum atomic E-state index is 9.74. The summed E-state index contributed by atoms with van der Waals surface area (Å²) in [6.07, 6.45) is 3.13. The number of phenolic OH excluding ortho intramolecular Hbond substituents is 1. The maximum Gasteiger partial charge on any atom is 0.123 e. The number of aromatic nitrogens is 1. The van der Waals surface area contributed by atoms with Gasteiger partial charge in [0.05, 0.1) is 5.56 Å². The Bertz CT molecular complexity index is 570. The van der Waals surface area contributed by atoms with Gasteiger partial charge >= 0.3 is 0 Å². The number of pyridine rings is 1. The third-order valence-electron chi connectivity index (χ3n) is 2.33. The lowest BCUT2D eigenvalue weighted by Crippen LogP contribution is -1.85. The van der Waals surface area contributed by atoms with Crippen molar-refractivity contribution in [3.05, 3.63) is 47.8 Å². The molecule has 16 heavy (non-hydrogen) atoms. The van der Waals surface area contributed by atoms with Crippen LogP contribution in [0.3, 0.4) is 0 Å². The molecule has 1 heterocycles. The van der Waals surface area contributed by atoms with E-state index in [9.17, 15) is 5.11 Å². The topological polar surface area (TPSA) is 56.9 Å². The molecule has 0 saturated heterocycles. The van der Waals surface area contributed by atoms with Crippen LogP contribution in [0.2, 0.25) is 0 Å². The Labute approximate surface area is 93.6 Å². The van der Waals surface area contributed by atoms with Crippen molar-refractivity contribution in [3.63, 3.8) is 0 Å². The Morgan fingerprint density at radius 1 is 1.25 bits per heavy atom. The molecule has 0 unspecified atom stereocenters. The zero-order valence-corrected chi connectivity index (χ0v) is 8.81. The van der Waals surface area contributed by atoms with Gasteiger partial charge in [-0.25, -0.2) is 0 Å². The number of phenols is 1. The lowest BCUT2D eigenvalue weighted by molar-refractivity contribution is 0.477. The number of hydrogen-bond donors (Lipinski definition) is 1. The summed E-state index contributed by atoms with van der Waals surface area (Å²) >= 11 is 0. The summed E-state index contributed by atoms with van der Waals surface area (Å²) in [6.45, 7) is 1.95. The minimum Gasteiger partial charge on any atom is -0.507 e. The van der Waals surface area contributed by atoms with Crippen LogP contribution in [0.25, 0.3) is 11.1 Å². The number of aromatic hydroxyl groups is 1. The number of benzene rings is 1. The molecule has 0 atom stereocenters. The van der Waals surface area contributed by atoms with Crippen LogP contribution in [0.5, 0.6) is 5.75 Å². The van der Waals surface area contributed by atoms with Crippen molar-refractivity contribution in [1.82, 2.24) is 4.98 Å². The molecule has 0 amide bonds. The molecule has 0 aliphatic rings. The van der Waals surface area contributed by atoms with Crippen LogP contribution in [0.1, 0.15) is 11.1 Å². The van der Waals surface area contributed by atoms with Crippen LogP contribution in [0, 0.1) is 18.3 Å². The van der Waals surface area contributed by atoms with Gasteiger partial charge in [0, 0.05) is 23.5 Å². The third-order valence-corrected chi connectivity index (χ3v) is 2.33. The number of aryl methyl sites for hydroxylation is 1. The first-order chi connectivity index (χ1) is 7.70. The van der Waals surface area contributed by atoms with E-state index in [1.54, 1.807) is 18.3 Å². The summed E-state index contributed by atoms with van der Waals surface area (Å²) in [7, 11) is 0. The van der Waals surface area contributed by atoms with Gasteiger partial charge in [-0.05, 0) is 25.1 Å². The molecule has 0 radical (unpaired) electrons. The fraction of sp³-hybridized carbons (Fsp3) is 0.0769. The highest BCUT2D eigenvalue weighted by Gasteiger charge is 2.05. The second-order valence-corrected chi connectivity index (χ2v) is 3.59. The first kappa shape index (κ1) is 10.2. The lowest BCUT2D eigenvalue weighted by atomic mass is 10.0. The molecule has 78 valence electrons. The minimum absolute atomic E-state index is 0.197. The SMILES string of the molecule is Cc1ccc(O)c(-c2cncc(C#N)c2)c1. The summed E-state index contributed by atoms with van der Waals surface area (Å²) in [4.78, 5) is 3.97. The second kappa shape index (κ2) is 4.03. The molecule has 0 fully saturated rings. The van der Waals surface area contributed by atoms with Gasteiger partial charge in [-0.15, -0.1) is 0 Å². The summed E-state index contributed by atoms with van der Waals surface area (Å²) in [6, 6.07) is 9.08. The Hall–Kier alpha value is -2.34. The molecule has 0 saturated carbocycles. The normalized spacial score (nSPS) is 9.75. The van der Waals surface area contributed by atoms with Gasteiger partial charge < -0.3 is 5.11 Å². The molecule has 1 N–H and O–H groups in total. The van der Waals surface area contributed by atoms with Crippen molar-refractivity contribution in [3.8, 4) is 22.9 Å². The third kappa shape index (κ3) is 1.86. The van der Waals surface area contributed by atoms with Crippen molar-refractivity contribution in [2.75, 3.05) is 0 Å². The van der Waals surface area contributed by atoms with Crippen molar-refractivity contribution in [2.45, 2.75) is 6.92 Å². The molecule has 0 spiro atoms. The van der Waals surface area contributed by atoms with E-state index in [2.05, 4.69) is 4.98 Å². The van der Waals surface area contributed by atoms with Crippen molar-refractivity contribution >= 4 is 0 Å². The van der Waals surface area contributed by atoms with Crippen molar-refractivity contribution in [2.24, 2.45) is 0 Å². The van der Waals surface area contributed by atoms with Crippen molar-refractivity contribution in [1.29, 1.82) is 5.26 Å².